The van der Waals surface area contributed by atoms with Crippen LogP contribution in [0.3, 0.4) is 0 Å². The number of fused-ring (bicyclic) bond motifs is 2. The van der Waals surface area contributed by atoms with Crippen LogP contribution in [0.2, 0.25) is 0 Å². The van der Waals surface area contributed by atoms with Crippen LogP contribution in [0.25, 0.3) is 10.9 Å². The predicted octanol–water partition coefficient (Wildman–Crippen LogP) is 4.47. The second kappa shape index (κ2) is 5.41. The van der Waals surface area contributed by atoms with Crippen LogP contribution in [-0.4, -0.2) is 4.98 Å². The maximum atomic E-state index is 13.0. The fourth-order valence-electron chi connectivity index (χ4n) is 3.21. The fraction of sp³-hybridized carbons (Fsp3) is 0.211. The first-order chi connectivity index (χ1) is 10.8. The lowest BCUT2D eigenvalue weighted by atomic mass is 10.1. The van der Waals surface area contributed by atoms with Crippen LogP contribution in [0.1, 0.15) is 23.2 Å². The summed E-state index contributed by atoms with van der Waals surface area (Å²) < 4.78 is 13.0. The molecular formula is C19H17FN2. The number of anilines is 1. The topological polar surface area (TPSA) is 24.9 Å². The molecule has 1 aliphatic carbocycles. The minimum atomic E-state index is -0.195. The van der Waals surface area contributed by atoms with Crippen molar-refractivity contribution in [3.05, 3.63) is 71.2 Å². The molecule has 3 heteroatoms. The van der Waals surface area contributed by atoms with E-state index in [9.17, 15) is 4.39 Å². The Kier molecular flexibility index (Phi) is 3.26. The van der Waals surface area contributed by atoms with Crippen molar-refractivity contribution in [2.24, 2.45) is 0 Å². The molecule has 0 saturated heterocycles. The largest absolute Gasteiger partial charge is 0.380 e. The van der Waals surface area contributed by atoms with Gasteiger partial charge in [0.15, 0.2) is 0 Å². The summed E-state index contributed by atoms with van der Waals surface area (Å²) in [5.74, 6) is -0.195. The summed E-state index contributed by atoms with van der Waals surface area (Å²) in [5.41, 5.74) is 5.89. The van der Waals surface area contributed by atoms with E-state index in [1.54, 1.807) is 0 Å². The molecule has 0 amide bonds. The molecule has 0 radical (unpaired) electrons. The number of aryl methyl sites for hydroxylation is 1. The average Bonchev–Trinajstić information content (AvgIpc) is 3.01. The molecule has 2 nitrogen and oxygen atoms in total. The molecule has 4 rings (SSSR count). The number of rotatable bonds is 3. The van der Waals surface area contributed by atoms with E-state index in [4.69, 9.17) is 4.98 Å². The predicted molar refractivity (Wildman–Crippen MR) is 87.5 cm³/mol. The zero-order chi connectivity index (χ0) is 14.9. The van der Waals surface area contributed by atoms with Crippen molar-refractivity contribution >= 4 is 16.6 Å². The Morgan fingerprint density at radius 3 is 2.68 bits per heavy atom. The SMILES string of the molecule is Fc1ccc(CNc2c3c(nc4ccccc24)CCC3)cc1. The number of nitrogens with one attached hydrogen (secondary N) is 1. The van der Waals surface area contributed by atoms with Gasteiger partial charge in [0.2, 0.25) is 0 Å². The van der Waals surface area contributed by atoms with Crippen molar-refractivity contribution in [1.82, 2.24) is 4.98 Å². The first kappa shape index (κ1) is 13.3. The van der Waals surface area contributed by atoms with E-state index in [-0.39, 0.29) is 5.82 Å². The van der Waals surface area contributed by atoms with E-state index >= 15 is 0 Å². The maximum Gasteiger partial charge on any atom is 0.123 e. The normalized spacial score (nSPS) is 13.3. The molecule has 0 saturated carbocycles. The minimum Gasteiger partial charge on any atom is -0.380 e. The van der Waals surface area contributed by atoms with Gasteiger partial charge in [0, 0.05) is 23.3 Å². The number of aromatic nitrogens is 1. The quantitative estimate of drug-likeness (QED) is 0.770. The molecule has 0 atom stereocenters. The Hall–Kier alpha value is -2.42. The van der Waals surface area contributed by atoms with Crippen molar-refractivity contribution in [2.75, 3.05) is 5.32 Å². The number of hydrogen-bond donors (Lipinski definition) is 1. The first-order valence-corrected chi connectivity index (χ1v) is 7.70. The third kappa shape index (κ3) is 2.33. The van der Waals surface area contributed by atoms with Crippen LogP contribution < -0.4 is 5.32 Å². The molecule has 2 aromatic carbocycles. The lowest BCUT2D eigenvalue weighted by Gasteiger charge is -2.14. The van der Waals surface area contributed by atoms with Gasteiger partial charge in [-0.3, -0.25) is 4.98 Å². The van der Waals surface area contributed by atoms with Crippen molar-refractivity contribution in [1.29, 1.82) is 0 Å². The summed E-state index contributed by atoms with van der Waals surface area (Å²) in [4.78, 5) is 4.79. The highest BCUT2D eigenvalue weighted by molar-refractivity contribution is 5.93. The molecule has 0 spiro atoms. The summed E-state index contributed by atoms with van der Waals surface area (Å²) in [7, 11) is 0. The Balaban J connectivity index is 1.72. The van der Waals surface area contributed by atoms with Crippen LogP contribution in [0.15, 0.2) is 48.5 Å². The van der Waals surface area contributed by atoms with Crippen molar-refractivity contribution in [2.45, 2.75) is 25.8 Å². The summed E-state index contributed by atoms with van der Waals surface area (Å²) in [6.45, 7) is 0.695. The number of para-hydroxylation sites is 1. The van der Waals surface area contributed by atoms with E-state index in [1.807, 2.05) is 18.2 Å². The molecule has 1 N–H and O–H groups in total. The lowest BCUT2D eigenvalue weighted by Crippen LogP contribution is -2.04. The Labute approximate surface area is 129 Å². The van der Waals surface area contributed by atoms with Gasteiger partial charge >= 0.3 is 0 Å². The molecular weight excluding hydrogens is 275 g/mol. The van der Waals surface area contributed by atoms with E-state index in [0.29, 0.717) is 6.54 Å². The third-order valence-corrected chi connectivity index (χ3v) is 4.30. The van der Waals surface area contributed by atoms with Crippen molar-refractivity contribution in [3.63, 3.8) is 0 Å². The monoisotopic (exact) mass is 292 g/mol. The number of pyridine rings is 1. The van der Waals surface area contributed by atoms with Gasteiger partial charge in [-0.05, 0) is 48.6 Å². The maximum absolute atomic E-state index is 13.0. The molecule has 0 fully saturated rings. The highest BCUT2D eigenvalue weighted by Crippen LogP contribution is 2.34. The van der Waals surface area contributed by atoms with E-state index < -0.39 is 0 Å². The van der Waals surface area contributed by atoms with Gasteiger partial charge < -0.3 is 5.32 Å². The van der Waals surface area contributed by atoms with Crippen molar-refractivity contribution < 1.29 is 4.39 Å². The number of benzene rings is 2. The van der Waals surface area contributed by atoms with Crippen LogP contribution in [0, 0.1) is 5.82 Å². The zero-order valence-electron chi connectivity index (χ0n) is 12.3. The highest BCUT2D eigenvalue weighted by atomic mass is 19.1. The average molecular weight is 292 g/mol. The van der Waals surface area contributed by atoms with Gasteiger partial charge in [0.1, 0.15) is 5.82 Å². The van der Waals surface area contributed by atoms with Gasteiger partial charge in [-0.25, -0.2) is 4.39 Å². The van der Waals surface area contributed by atoms with E-state index in [1.165, 1.54) is 40.9 Å². The Morgan fingerprint density at radius 1 is 1.00 bits per heavy atom. The van der Waals surface area contributed by atoms with Gasteiger partial charge in [0.05, 0.1) is 5.52 Å². The number of nitrogens with zero attached hydrogens (tertiary/aromatic N) is 1. The van der Waals surface area contributed by atoms with Crippen LogP contribution in [0.4, 0.5) is 10.1 Å². The van der Waals surface area contributed by atoms with E-state index in [2.05, 4.69) is 23.5 Å². The third-order valence-electron chi connectivity index (χ3n) is 4.30. The molecule has 0 aliphatic heterocycles. The van der Waals surface area contributed by atoms with Gasteiger partial charge in [-0.1, -0.05) is 30.3 Å². The molecule has 1 aliphatic rings. The Morgan fingerprint density at radius 2 is 1.82 bits per heavy atom. The van der Waals surface area contributed by atoms with Crippen LogP contribution >= 0.6 is 0 Å². The molecule has 22 heavy (non-hydrogen) atoms. The van der Waals surface area contributed by atoms with Crippen molar-refractivity contribution in [3.8, 4) is 0 Å². The molecule has 1 aromatic heterocycles. The van der Waals surface area contributed by atoms with E-state index in [0.717, 1.165) is 23.9 Å². The molecule has 0 unspecified atom stereocenters. The second-order valence-electron chi connectivity index (χ2n) is 5.76. The summed E-state index contributed by atoms with van der Waals surface area (Å²) in [5, 5.41) is 4.73. The van der Waals surface area contributed by atoms with Crippen LogP contribution in [0.5, 0.6) is 0 Å². The Bertz CT molecular complexity index is 825. The lowest BCUT2D eigenvalue weighted by molar-refractivity contribution is 0.627. The smallest absolute Gasteiger partial charge is 0.123 e. The summed E-state index contributed by atoms with van der Waals surface area (Å²) in [6.07, 6.45) is 3.31. The highest BCUT2D eigenvalue weighted by Gasteiger charge is 2.19. The molecule has 3 aromatic rings. The molecule has 110 valence electrons. The minimum absolute atomic E-state index is 0.195. The van der Waals surface area contributed by atoms with Gasteiger partial charge in [-0.2, -0.15) is 0 Å². The number of halogens is 1. The van der Waals surface area contributed by atoms with Gasteiger partial charge in [0.25, 0.3) is 0 Å². The van der Waals surface area contributed by atoms with Gasteiger partial charge in [-0.15, -0.1) is 0 Å². The fourth-order valence-corrected chi connectivity index (χ4v) is 3.21. The molecule has 1 heterocycles. The van der Waals surface area contributed by atoms with Crippen LogP contribution in [-0.2, 0) is 19.4 Å². The standard InChI is InChI=1S/C19H17FN2/c20-14-10-8-13(9-11-14)12-21-19-15-4-1-2-6-17(15)22-18-7-3-5-16(18)19/h1-2,4,6,8-11H,3,5,7,12H2,(H,21,22). The first-order valence-electron chi connectivity index (χ1n) is 7.70. The number of hydrogen-bond acceptors (Lipinski definition) is 2. The second-order valence-corrected chi connectivity index (χ2v) is 5.76. The summed E-state index contributed by atoms with van der Waals surface area (Å²) in [6, 6.07) is 14.9. The summed E-state index contributed by atoms with van der Waals surface area (Å²) >= 11 is 0. The zero-order valence-corrected chi connectivity index (χ0v) is 12.3. The molecule has 0 bridgehead atoms.